The van der Waals surface area contributed by atoms with Gasteiger partial charge in [-0.25, -0.2) is 8.78 Å². The molecule has 1 aliphatic rings. The van der Waals surface area contributed by atoms with E-state index in [1.165, 1.54) is 17.8 Å². The van der Waals surface area contributed by atoms with Crippen molar-refractivity contribution < 1.29 is 18.4 Å². The second-order valence-corrected chi connectivity index (χ2v) is 6.43. The molecule has 23 heavy (non-hydrogen) atoms. The van der Waals surface area contributed by atoms with E-state index in [-0.39, 0.29) is 16.7 Å². The van der Waals surface area contributed by atoms with Crippen LogP contribution in [0.1, 0.15) is 17.3 Å². The van der Waals surface area contributed by atoms with E-state index in [1.807, 2.05) is 6.92 Å². The van der Waals surface area contributed by atoms with Crippen LogP contribution in [0.25, 0.3) is 0 Å². The Morgan fingerprint density at radius 3 is 2.70 bits per heavy atom. The Kier molecular flexibility index (Phi) is 4.04. The Hall–Kier alpha value is -2.41. The van der Waals surface area contributed by atoms with Crippen molar-refractivity contribution in [3.05, 3.63) is 53.6 Å². The van der Waals surface area contributed by atoms with Crippen molar-refractivity contribution in [1.82, 2.24) is 0 Å². The van der Waals surface area contributed by atoms with Gasteiger partial charge in [-0.1, -0.05) is 0 Å². The highest BCUT2D eigenvalue weighted by atomic mass is 32.2. The second kappa shape index (κ2) is 6.00. The molecule has 1 unspecified atom stereocenters. The van der Waals surface area contributed by atoms with Gasteiger partial charge in [-0.15, -0.1) is 11.8 Å². The van der Waals surface area contributed by atoms with Crippen molar-refractivity contribution in [3.8, 4) is 0 Å². The largest absolute Gasteiger partial charge is 0.324 e. The summed E-state index contributed by atoms with van der Waals surface area (Å²) in [5.74, 6) is -2.76. The number of benzene rings is 2. The zero-order valence-corrected chi connectivity index (χ0v) is 12.8. The SMILES string of the molecule is CC1Sc2ccc(NC(=O)c3ccc(F)c(F)c3)cc2NC1=O. The average Bonchev–Trinajstić information content (AvgIpc) is 2.51. The minimum Gasteiger partial charge on any atom is -0.324 e. The lowest BCUT2D eigenvalue weighted by Crippen LogP contribution is -2.26. The monoisotopic (exact) mass is 334 g/mol. The molecule has 7 heteroatoms. The van der Waals surface area contributed by atoms with E-state index in [4.69, 9.17) is 0 Å². The summed E-state index contributed by atoms with van der Waals surface area (Å²) in [6.45, 7) is 1.81. The molecule has 3 rings (SSSR count). The molecule has 0 aromatic heterocycles. The molecule has 2 amide bonds. The molecule has 0 spiro atoms. The van der Waals surface area contributed by atoms with Crippen molar-refractivity contribution in [2.45, 2.75) is 17.1 Å². The first-order valence-corrected chi connectivity index (χ1v) is 7.70. The van der Waals surface area contributed by atoms with E-state index in [0.29, 0.717) is 11.4 Å². The van der Waals surface area contributed by atoms with Gasteiger partial charge >= 0.3 is 0 Å². The quantitative estimate of drug-likeness (QED) is 0.881. The van der Waals surface area contributed by atoms with Crippen LogP contribution in [0, 0.1) is 11.6 Å². The molecule has 2 aromatic rings. The first kappa shape index (κ1) is 15.5. The Morgan fingerprint density at radius 1 is 1.17 bits per heavy atom. The number of thioether (sulfide) groups is 1. The van der Waals surface area contributed by atoms with Gasteiger partial charge in [-0.05, 0) is 43.3 Å². The summed E-state index contributed by atoms with van der Waals surface area (Å²) >= 11 is 1.43. The lowest BCUT2D eigenvalue weighted by molar-refractivity contribution is -0.115. The van der Waals surface area contributed by atoms with Crippen LogP contribution in [-0.2, 0) is 4.79 Å². The van der Waals surface area contributed by atoms with Crippen molar-refractivity contribution in [2.75, 3.05) is 10.6 Å². The van der Waals surface area contributed by atoms with E-state index in [0.717, 1.165) is 17.0 Å². The van der Waals surface area contributed by atoms with Crippen LogP contribution in [0.15, 0.2) is 41.3 Å². The Morgan fingerprint density at radius 2 is 1.96 bits per heavy atom. The minimum absolute atomic E-state index is 0.00801. The van der Waals surface area contributed by atoms with Gasteiger partial charge in [-0.2, -0.15) is 0 Å². The first-order chi connectivity index (χ1) is 10.9. The lowest BCUT2D eigenvalue weighted by Gasteiger charge is -2.22. The number of carbonyl (C=O) groups is 2. The molecule has 0 radical (unpaired) electrons. The second-order valence-electron chi connectivity index (χ2n) is 5.04. The van der Waals surface area contributed by atoms with E-state index in [9.17, 15) is 18.4 Å². The standard InChI is InChI=1S/C16H12F2N2O2S/c1-8-15(21)20-13-7-10(3-5-14(13)23-8)19-16(22)9-2-4-11(17)12(18)6-9/h2-8H,1H3,(H,19,22)(H,20,21). The van der Waals surface area contributed by atoms with Crippen molar-refractivity contribution in [2.24, 2.45) is 0 Å². The van der Waals surface area contributed by atoms with Gasteiger partial charge in [0.15, 0.2) is 11.6 Å². The summed E-state index contributed by atoms with van der Waals surface area (Å²) in [5, 5.41) is 5.18. The van der Waals surface area contributed by atoms with Crippen molar-refractivity contribution in [1.29, 1.82) is 0 Å². The smallest absolute Gasteiger partial charge is 0.255 e. The normalized spacial score (nSPS) is 16.5. The van der Waals surface area contributed by atoms with Crippen molar-refractivity contribution in [3.63, 3.8) is 0 Å². The van der Waals surface area contributed by atoms with Crippen LogP contribution in [0.4, 0.5) is 20.2 Å². The summed E-state index contributed by atoms with van der Waals surface area (Å²) in [4.78, 5) is 24.7. The molecule has 4 nitrogen and oxygen atoms in total. The van der Waals surface area contributed by atoms with E-state index in [1.54, 1.807) is 18.2 Å². The molecule has 2 aromatic carbocycles. The molecule has 0 aliphatic carbocycles. The maximum Gasteiger partial charge on any atom is 0.255 e. The number of carbonyl (C=O) groups excluding carboxylic acids is 2. The molecule has 1 heterocycles. The Balaban J connectivity index is 1.80. The maximum absolute atomic E-state index is 13.2. The first-order valence-electron chi connectivity index (χ1n) is 6.82. The van der Waals surface area contributed by atoms with Crippen molar-refractivity contribution >= 4 is 35.0 Å². The molecule has 1 aliphatic heterocycles. The number of nitrogens with one attached hydrogen (secondary N) is 2. The van der Waals surface area contributed by atoms with Crippen LogP contribution >= 0.6 is 11.8 Å². The van der Waals surface area contributed by atoms with Gasteiger partial charge in [0, 0.05) is 16.1 Å². The Bertz CT molecular complexity index is 811. The summed E-state index contributed by atoms with van der Waals surface area (Å²) in [5.41, 5.74) is 1.07. The third-order valence-electron chi connectivity index (χ3n) is 3.35. The van der Waals surface area contributed by atoms with Crippen LogP contribution in [-0.4, -0.2) is 17.1 Å². The predicted molar refractivity (Wildman–Crippen MR) is 84.7 cm³/mol. The fourth-order valence-corrected chi connectivity index (χ4v) is 3.06. The summed E-state index contributed by atoms with van der Waals surface area (Å²) < 4.78 is 26.1. The average molecular weight is 334 g/mol. The molecule has 1 atom stereocenters. The van der Waals surface area contributed by atoms with E-state index < -0.39 is 17.5 Å². The topological polar surface area (TPSA) is 58.2 Å². The summed E-state index contributed by atoms with van der Waals surface area (Å²) in [6, 6.07) is 8.04. The van der Waals surface area contributed by atoms with Gasteiger partial charge < -0.3 is 10.6 Å². The fourth-order valence-electron chi connectivity index (χ4n) is 2.13. The summed E-state index contributed by atoms with van der Waals surface area (Å²) in [7, 11) is 0. The number of fused-ring (bicyclic) bond motifs is 1. The Labute approximate surface area is 135 Å². The molecule has 0 bridgehead atoms. The predicted octanol–water partition coefficient (Wildman–Crippen LogP) is 3.65. The maximum atomic E-state index is 13.2. The molecule has 118 valence electrons. The van der Waals surface area contributed by atoms with Crippen LogP contribution < -0.4 is 10.6 Å². The zero-order chi connectivity index (χ0) is 16.6. The number of amides is 2. The third-order valence-corrected chi connectivity index (χ3v) is 4.53. The molecule has 0 saturated heterocycles. The number of hydrogen-bond donors (Lipinski definition) is 2. The molecule has 0 fully saturated rings. The molecule has 0 saturated carbocycles. The third kappa shape index (κ3) is 3.19. The highest BCUT2D eigenvalue weighted by Crippen LogP contribution is 2.37. The molecule has 2 N–H and O–H groups in total. The highest BCUT2D eigenvalue weighted by molar-refractivity contribution is 8.00. The van der Waals surface area contributed by atoms with Gasteiger partial charge in [-0.3, -0.25) is 9.59 Å². The van der Waals surface area contributed by atoms with Crippen LogP contribution in [0.3, 0.4) is 0 Å². The van der Waals surface area contributed by atoms with Gasteiger partial charge in [0.2, 0.25) is 5.91 Å². The number of rotatable bonds is 2. The summed E-state index contributed by atoms with van der Waals surface area (Å²) in [6.07, 6.45) is 0. The number of anilines is 2. The highest BCUT2D eigenvalue weighted by Gasteiger charge is 2.23. The lowest BCUT2D eigenvalue weighted by atomic mass is 10.2. The van der Waals surface area contributed by atoms with Crippen LogP contribution in [0.5, 0.6) is 0 Å². The fraction of sp³-hybridized carbons (Fsp3) is 0.125. The van der Waals surface area contributed by atoms with Crippen LogP contribution in [0.2, 0.25) is 0 Å². The van der Waals surface area contributed by atoms with E-state index in [2.05, 4.69) is 10.6 Å². The number of halogens is 2. The van der Waals surface area contributed by atoms with Gasteiger partial charge in [0.25, 0.3) is 5.91 Å². The zero-order valence-electron chi connectivity index (χ0n) is 12.0. The minimum atomic E-state index is -1.08. The molecular weight excluding hydrogens is 322 g/mol. The van der Waals surface area contributed by atoms with Gasteiger partial charge in [0.1, 0.15) is 0 Å². The number of hydrogen-bond acceptors (Lipinski definition) is 3. The van der Waals surface area contributed by atoms with E-state index >= 15 is 0 Å². The molecular formula is C16H12F2N2O2S. The van der Waals surface area contributed by atoms with Gasteiger partial charge in [0.05, 0.1) is 10.9 Å².